The zero-order valence-corrected chi connectivity index (χ0v) is 19.9. The SMILES string of the molecule is COc1ccc(/C=C/C(=O)c2cccs2)cc1COc1c(Cl)c(Cl)c(Cl)c(Cl)c1Cl. The Hall–Kier alpha value is -1.40. The van der Waals surface area contributed by atoms with Crippen LogP contribution in [0.3, 0.4) is 0 Å². The van der Waals surface area contributed by atoms with Gasteiger partial charge in [-0.15, -0.1) is 11.3 Å². The highest BCUT2D eigenvalue weighted by molar-refractivity contribution is 7.12. The van der Waals surface area contributed by atoms with Gasteiger partial charge in [0.05, 0.1) is 27.1 Å². The van der Waals surface area contributed by atoms with Crippen molar-refractivity contribution in [3.8, 4) is 11.5 Å². The predicted molar refractivity (Wildman–Crippen MR) is 127 cm³/mol. The Kier molecular flexibility index (Phi) is 7.97. The molecule has 0 saturated carbocycles. The van der Waals surface area contributed by atoms with Crippen LogP contribution >= 0.6 is 69.3 Å². The lowest BCUT2D eigenvalue weighted by molar-refractivity contribution is 0.105. The van der Waals surface area contributed by atoms with E-state index in [0.29, 0.717) is 16.2 Å². The van der Waals surface area contributed by atoms with Gasteiger partial charge in [0.25, 0.3) is 0 Å². The summed E-state index contributed by atoms with van der Waals surface area (Å²) in [7, 11) is 1.55. The molecule has 0 bridgehead atoms. The minimum Gasteiger partial charge on any atom is -0.496 e. The van der Waals surface area contributed by atoms with E-state index >= 15 is 0 Å². The molecule has 0 fully saturated rings. The number of benzene rings is 2. The van der Waals surface area contributed by atoms with Crippen LogP contribution in [0.4, 0.5) is 0 Å². The van der Waals surface area contributed by atoms with Crippen molar-refractivity contribution >= 4 is 81.2 Å². The zero-order valence-electron chi connectivity index (χ0n) is 15.3. The Morgan fingerprint density at radius 3 is 2.27 bits per heavy atom. The van der Waals surface area contributed by atoms with E-state index in [1.165, 1.54) is 17.4 Å². The molecule has 0 aliphatic heterocycles. The maximum Gasteiger partial charge on any atom is 0.195 e. The Morgan fingerprint density at radius 2 is 1.67 bits per heavy atom. The Balaban J connectivity index is 1.84. The van der Waals surface area contributed by atoms with Crippen molar-refractivity contribution in [2.75, 3.05) is 7.11 Å². The molecule has 0 radical (unpaired) electrons. The van der Waals surface area contributed by atoms with Crippen LogP contribution in [-0.2, 0) is 6.61 Å². The topological polar surface area (TPSA) is 35.5 Å². The third-order valence-corrected chi connectivity index (χ3v) is 7.16. The molecule has 30 heavy (non-hydrogen) atoms. The minimum absolute atomic E-state index is 0.0541. The number of rotatable bonds is 7. The van der Waals surface area contributed by atoms with Gasteiger partial charge in [0, 0.05) is 5.56 Å². The second-order valence-corrected chi connectivity index (χ2v) is 8.77. The van der Waals surface area contributed by atoms with Gasteiger partial charge in [-0.3, -0.25) is 4.79 Å². The predicted octanol–water partition coefficient (Wildman–Crippen LogP) is 8.50. The average molecular weight is 523 g/mol. The van der Waals surface area contributed by atoms with Gasteiger partial charge in [-0.1, -0.05) is 76.2 Å². The summed E-state index contributed by atoms with van der Waals surface area (Å²) < 4.78 is 11.2. The summed E-state index contributed by atoms with van der Waals surface area (Å²) in [6.45, 7) is 0.0669. The van der Waals surface area contributed by atoms with Crippen molar-refractivity contribution in [3.05, 3.63) is 82.9 Å². The van der Waals surface area contributed by atoms with Gasteiger partial charge in [0.2, 0.25) is 0 Å². The van der Waals surface area contributed by atoms with Crippen molar-refractivity contribution in [2.24, 2.45) is 0 Å². The van der Waals surface area contributed by atoms with Crippen LogP contribution in [0.1, 0.15) is 20.8 Å². The van der Waals surface area contributed by atoms with Gasteiger partial charge < -0.3 is 9.47 Å². The molecular formula is C21H13Cl5O3S. The Bertz CT molecular complexity index is 1080. The first-order valence-corrected chi connectivity index (χ1v) is 11.2. The van der Waals surface area contributed by atoms with E-state index in [-0.39, 0.29) is 43.3 Å². The number of carbonyl (C=O) groups is 1. The summed E-state index contributed by atoms with van der Waals surface area (Å²) in [6, 6.07) is 9.05. The first-order chi connectivity index (χ1) is 14.3. The summed E-state index contributed by atoms with van der Waals surface area (Å²) >= 11 is 32.0. The van der Waals surface area contributed by atoms with Gasteiger partial charge in [-0.25, -0.2) is 0 Å². The number of ether oxygens (including phenoxy) is 2. The van der Waals surface area contributed by atoms with E-state index < -0.39 is 0 Å². The molecule has 0 saturated heterocycles. The van der Waals surface area contributed by atoms with Gasteiger partial charge in [-0.05, 0) is 35.2 Å². The number of hydrogen-bond acceptors (Lipinski definition) is 4. The van der Waals surface area contributed by atoms with Crippen LogP contribution in [0.2, 0.25) is 25.1 Å². The number of allylic oxidation sites excluding steroid dienone is 1. The van der Waals surface area contributed by atoms with Crippen LogP contribution in [0.5, 0.6) is 11.5 Å². The highest BCUT2D eigenvalue weighted by Crippen LogP contribution is 2.48. The molecule has 1 aromatic heterocycles. The van der Waals surface area contributed by atoms with Gasteiger partial charge in [0.1, 0.15) is 22.4 Å². The number of carbonyl (C=O) groups excluding carboxylic acids is 1. The maximum absolute atomic E-state index is 12.2. The fourth-order valence-corrected chi connectivity index (χ4v) is 4.42. The molecule has 3 rings (SSSR count). The fraction of sp³-hybridized carbons (Fsp3) is 0.0952. The van der Waals surface area contributed by atoms with E-state index in [9.17, 15) is 4.79 Å². The summed E-state index contributed by atoms with van der Waals surface area (Å²) in [6.07, 6.45) is 3.24. The molecule has 2 aromatic carbocycles. The molecule has 0 N–H and O–H groups in total. The number of hydrogen-bond donors (Lipinski definition) is 0. The van der Waals surface area contributed by atoms with Crippen LogP contribution in [-0.4, -0.2) is 12.9 Å². The second kappa shape index (κ2) is 10.3. The quantitative estimate of drug-likeness (QED) is 0.135. The molecule has 9 heteroatoms. The van der Waals surface area contributed by atoms with E-state index in [1.807, 2.05) is 23.6 Å². The largest absolute Gasteiger partial charge is 0.496 e. The van der Waals surface area contributed by atoms with E-state index in [0.717, 1.165) is 5.56 Å². The number of methoxy groups -OCH3 is 1. The molecule has 156 valence electrons. The lowest BCUT2D eigenvalue weighted by atomic mass is 10.1. The number of ketones is 1. The molecule has 3 aromatic rings. The molecule has 1 heterocycles. The molecule has 0 atom stereocenters. The summed E-state index contributed by atoms with van der Waals surface area (Å²) in [5.41, 5.74) is 1.50. The lowest BCUT2D eigenvalue weighted by Crippen LogP contribution is -2.01. The third-order valence-electron chi connectivity index (χ3n) is 4.04. The van der Waals surface area contributed by atoms with Crippen LogP contribution < -0.4 is 9.47 Å². The highest BCUT2D eigenvalue weighted by atomic mass is 35.5. The highest BCUT2D eigenvalue weighted by Gasteiger charge is 2.21. The number of halogens is 5. The van der Waals surface area contributed by atoms with Gasteiger partial charge >= 0.3 is 0 Å². The second-order valence-electron chi connectivity index (χ2n) is 5.93. The summed E-state index contributed by atoms with van der Waals surface area (Å²) in [5, 5.41) is 2.15. The standard InChI is InChI=1S/C21H13Cl5O3S/c1-28-14-7-5-11(4-6-13(27)15-3-2-8-30-15)9-12(14)10-29-21-19(25)17(23)16(22)18(24)20(21)26/h2-9H,10H2,1H3/b6-4+. The monoisotopic (exact) mass is 520 g/mol. The van der Waals surface area contributed by atoms with Gasteiger partial charge in [-0.2, -0.15) is 0 Å². The molecule has 0 spiro atoms. The van der Waals surface area contributed by atoms with Crippen molar-refractivity contribution in [3.63, 3.8) is 0 Å². The smallest absolute Gasteiger partial charge is 0.195 e. The van der Waals surface area contributed by atoms with Gasteiger partial charge in [0.15, 0.2) is 11.5 Å². The first kappa shape index (κ1) is 23.3. The molecule has 0 aliphatic carbocycles. The van der Waals surface area contributed by atoms with Crippen molar-refractivity contribution in [1.82, 2.24) is 0 Å². The van der Waals surface area contributed by atoms with E-state index in [2.05, 4.69) is 0 Å². The molecule has 0 aliphatic rings. The molecule has 0 amide bonds. The molecule has 3 nitrogen and oxygen atoms in total. The normalized spacial score (nSPS) is 11.1. The first-order valence-electron chi connectivity index (χ1n) is 8.40. The van der Waals surface area contributed by atoms with E-state index in [1.54, 1.807) is 25.3 Å². The molecule has 0 unspecified atom stereocenters. The Morgan fingerprint density at radius 1 is 1.00 bits per heavy atom. The van der Waals surface area contributed by atoms with E-state index in [4.69, 9.17) is 67.5 Å². The number of thiophene rings is 1. The minimum atomic E-state index is -0.0670. The Labute approximate surface area is 202 Å². The molecular weight excluding hydrogens is 510 g/mol. The van der Waals surface area contributed by atoms with Crippen molar-refractivity contribution in [2.45, 2.75) is 6.61 Å². The average Bonchev–Trinajstić information content (AvgIpc) is 3.30. The van der Waals surface area contributed by atoms with Crippen LogP contribution in [0, 0.1) is 0 Å². The van der Waals surface area contributed by atoms with Crippen LogP contribution in [0.25, 0.3) is 6.08 Å². The third kappa shape index (κ3) is 5.08. The summed E-state index contributed by atoms with van der Waals surface area (Å²) in [4.78, 5) is 12.8. The zero-order chi connectivity index (χ0) is 21.8. The summed E-state index contributed by atoms with van der Waals surface area (Å²) in [5.74, 6) is 0.645. The lowest BCUT2D eigenvalue weighted by Gasteiger charge is -2.15. The maximum atomic E-state index is 12.2. The van der Waals surface area contributed by atoms with Crippen molar-refractivity contribution < 1.29 is 14.3 Å². The van der Waals surface area contributed by atoms with Crippen molar-refractivity contribution in [1.29, 1.82) is 0 Å². The fourth-order valence-electron chi connectivity index (χ4n) is 2.55. The van der Waals surface area contributed by atoms with Crippen LogP contribution in [0.15, 0.2) is 41.8 Å².